The molecular weight excluding hydrogens is 300 g/mol. The largest absolute Gasteiger partial charge is 0.493 e. The molecule has 122 valence electrons. The van der Waals surface area contributed by atoms with E-state index < -0.39 is 5.97 Å². The van der Waals surface area contributed by atoms with Crippen LogP contribution in [0.1, 0.15) is 10.4 Å². The quantitative estimate of drug-likeness (QED) is 0.603. The summed E-state index contributed by atoms with van der Waals surface area (Å²) >= 11 is 0. The molecule has 0 aliphatic carbocycles. The smallest absolute Gasteiger partial charge is 0.343 e. The molecule has 23 heavy (non-hydrogen) atoms. The minimum absolute atomic E-state index is 0.269. The van der Waals surface area contributed by atoms with Crippen molar-refractivity contribution >= 4 is 5.97 Å². The molecule has 0 N–H and O–H groups in total. The average Bonchev–Trinajstić information content (AvgIpc) is 2.60. The first-order valence-corrected chi connectivity index (χ1v) is 6.79. The Morgan fingerprint density at radius 1 is 0.739 bits per heavy atom. The van der Waals surface area contributed by atoms with E-state index in [0.29, 0.717) is 28.7 Å². The molecule has 0 radical (unpaired) electrons. The molecule has 0 amide bonds. The lowest BCUT2D eigenvalue weighted by Gasteiger charge is -2.14. The second-order valence-electron chi connectivity index (χ2n) is 4.45. The number of carbonyl (C=O) groups is 1. The van der Waals surface area contributed by atoms with E-state index in [1.807, 2.05) is 0 Å². The van der Waals surface area contributed by atoms with Crippen molar-refractivity contribution in [3.05, 3.63) is 42.0 Å². The fourth-order valence-electron chi connectivity index (χ4n) is 2.06. The average molecular weight is 318 g/mol. The first kappa shape index (κ1) is 16.5. The highest BCUT2D eigenvalue weighted by atomic mass is 16.6. The van der Waals surface area contributed by atoms with Crippen LogP contribution in [0.5, 0.6) is 28.7 Å². The van der Waals surface area contributed by atoms with Gasteiger partial charge in [0.2, 0.25) is 5.75 Å². The van der Waals surface area contributed by atoms with Gasteiger partial charge in [0.25, 0.3) is 0 Å². The third kappa shape index (κ3) is 3.48. The molecule has 2 rings (SSSR count). The monoisotopic (exact) mass is 318 g/mol. The van der Waals surface area contributed by atoms with Gasteiger partial charge in [0.1, 0.15) is 0 Å². The van der Waals surface area contributed by atoms with Crippen molar-refractivity contribution in [1.29, 1.82) is 0 Å². The van der Waals surface area contributed by atoms with Gasteiger partial charge in [0.05, 0.1) is 34.0 Å². The van der Waals surface area contributed by atoms with E-state index in [2.05, 4.69) is 0 Å². The highest BCUT2D eigenvalue weighted by molar-refractivity contribution is 5.93. The number of hydrogen-bond donors (Lipinski definition) is 0. The Hall–Kier alpha value is -2.89. The van der Waals surface area contributed by atoms with E-state index in [4.69, 9.17) is 23.7 Å². The Balaban J connectivity index is 2.36. The number of methoxy groups -OCH3 is 4. The van der Waals surface area contributed by atoms with Crippen molar-refractivity contribution in [3.63, 3.8) is 0 Å². The summed E-state index contributed by atoms with van der Waals surface area (Å²) in [5, 5.41) is 0. The van der Waals surface area contributed by atoms with Gasteiger partial charge in [-0.15, -0.1) is 0 Å². The molecule has 0 unspecified atom stereocenters. The number of para-hydroxylation sites is 2. The van der Waals surface area contributed by atoms with Crippen LogP contribution in [0.4, 0.5) is 0 Å². The molecule has 2 aromatic carbocycles. The third-order valence-electron chi connectivity index (χ3n) is 3.17. The summed E-state index contributed by atoms with van der Waals surface area (Å²) < 4.78 is 26.2. The molecule has 2 aromatic rings. The summed E-state index contributed by atoms with van der Waals surface area (Å²) in [6, 6.07) is 9.95. The Bertz CT molecular complexity index is 670. The summed E-state index contributed by atoms with van der Waals surface area (Å²) in [5.74, 6) is 1.39. The van der Waals surface area contributed by atoms with Crippen molar-refractivity contribution < 1.29 is 28.5 Å². The molecule has 6 heteroatoms. The fraction of sp³-hybridized carbons (Fsp3) is 0.235. The van der Waals surface area contributed by atoms with Crippen LogP contribution in [-0.4, -0.2) is 34.4 Å². The maximum absolute atomic E-state index is 12.4. The maximum atomic E-state index is 12.4. The molecule has 0 atom stereocenters. The lowest BCUT2D eigenvalue weighted by atomic mass is 10.2. The van der Waals surface area contributed by atoms with Gasteiger partial charge in [-0.2, -0.15) is 0 Å². The number of carbonyl (C=O) groups excluding carboxylic acids is 1. The molecule has 0 aromatic heterocycles. The maximum Gasteiger partial charge on any atom is 0.343 e. The minimum Gasteiger partial charge on any atom is -0.493 e. The first-order valence-electron chi connectivity index (χ1n) is 6.79. The Morgan fingerprint density at radius 2 is 1.26 bits per heavy atom. The van der Waals surface area contributed by atoms with Crippen LogP contribution < -0.4 is 23.7 Å². The number of hydrogen-bond acceptors (Lipinski definition) is 6. The van der Waals surface area contributed by atoms with Crippen LogP contribution in [0, 0.1) is 0 Å². The van der Waals surface area contributed by atoms with Gasteiger partial charge in [-0.1, -0.05) is 12.1 Å². The fourth-order valence-corrected chi connectivity index (χ4v) is 2.06. The van der Waals surface area contributed by atoms with Crippen molar-refractivity contribution in [2.24, 2.45) is 0 Å². The van der Waals surface area contributed by atoms with Crippen LogP contribution in [0.25, 0.3) is 0 Å². The highest BCUT2D eigenvalue weighted by Crippen LogP contribution is 2.38. The van der Waals surface area contributed by atoms with E-state index in [-0.39, 0.29) is 5.56 Å². The topological polar surface area (TPSA) is 63.2 Å². The molecule has 0 aliphatic rings. The van der Waals surface area contributed by atoms with Gasteiger partial charge in [-0.3, -0.25) is 0 Å². The summed E-state index contributed by atoms with van der Waals surface area (Å²) in [4.78, 5) is 12.4. The van der Waals surface area contributed by atoms with Crippen LogP contribution in [0.3, 0.4) is 0 Å². The molecule has 0 saturated carbocycles. The van der Waals surface area contributed by atoms with Crippen LogP contribution >= 0.6 is 0 Å². The molecular formula is C17H18O6. The predicted octanol–water partition coefficient (Wildman–Crippen LogP) is 2.94. The molecule has 0 saturated heterocycles. The second-order valence-corrected chi connectivity index (χ2v) is 4.45. The minimum atomic E-state index is -0.561. The molecule has 0 heterocycles. The lowest BCUT2D eigenvalue weighted by Crippen LogP contribution is -2.10. The van der Waals surface area contributed by atoms with Crippen molar-refractivity contribution in [3.8, 4) is 28.7 Å². The lowest BCUT2D eigenvalue weighted by molar-refractivity contribution is 0.0729. The van der Waals surface area contributed by atoms with Crippen LogP contribution in [0.15, 0.2) is 36.4 Å². The van der Waals surface area contributed by atoms with Crippen LogP contribution in [0.2, 0.25) is 0 Å². The van der Waals surface area contributed by atoms with E-state index in [0.717, 1.165) is 0 Å². The number of benzene rings is 2. The van der Waals surface area contributed by atoms with Gasteiger partial charge in [-0.05, 0) is 24.3 Å². The molecule has 0 aliphatic heterocycles. The van der Waals surface area contributed by atoms with Crippen molar-refractivity contribution in [2.45, 2.75) is 0 Å². The zero-order valence-electron chi connectivity index (χ0n) is 13.4. The zero-order chi connectivity index (χ0) is 16.8. The third-order valence-corrected chi connectivity index (χ3v) is 3.17. The number of esters is 1. The summed E-state index contributed by atoms with van der Waals surface area (Å²) in [6.45, 7) is 0. The Morgan fingerprint density at radius 3 is 1.74 bits per heavy atom. The Kier molecular flexibility index (Phi) is 5.30. The molecule has 0 bridgehead atoms. The highest BCUT2D eigenvalue weighted by Gasteiger charge is 2.19. The van der Waals surface area contributed by atoms with Gasteiger partial charge in [0, 0.05) is 0 Å². The van der Waals surface area contributed by atoms with Gasteiger partial charge < -0.3 is 23.7 Å². The molecule has 6 nitrogen and oxygen atoms in total. The van der Waals surface area contributed by atoms with E-state index >= 15 is 0 Å². The predicted molar refractivity (Wildman–Crippen MR) is 84.1 cm³/mol. The van der Waals surface area contributed by atoms with E-state index in [1.54, 1.807) is 24.3 Å². The number of rotatable bonds is 6. The molecule has 0 spiro atoms. The second kappa shape index (κ2) is 7.40. The normalized spacial score (nSPS) is 9.91. The van der Waals surface area contributed by atoms with E-state index in [9.17, 15) is 4.79 Å². The van der Waals surface area contributed by atoms with E-state index in [1.165, 1.54) is 40.6 Å². The summed E-state index contributed by atoms with van der Waals surface area (Å²) in [6.07, 6.45) is 0. The van der Waals surface area contributed by atoms with Crippen molar-refractivity contribution in [2.75, 3.05) is 28.4 Å². The molecule has 0 fully saturated rings. The van der Waals surface area contributed by atoms with Crippen molar-refractivity contribution in [1.82, 2.24) is 0 Å². The summed E-state index contributed by atoms with van der Waals surface area (Å²) in [5.41, 5.74) is 0.269. The van der Waals surface area contributed by atoms with Gasteiger partial charge in [0.15, 0.2) is 23.0 Å². The zero-order valence-corrected chi connectivity index (χ0v) is 13.4. The van der Waals surface area contributed by atoms with Gasteiger partial charge in [-0.25, -0.2) is 4.79 Å². The van der Waals surface area contributed by atoms with Crippen LogP contribution in [-0.2, 0) is 0 Å². The van der Waals surface area contributed by atoms with Gasteiger partial charge >= 0.3 is 5.97 Å². The standard InChI is InChI=1S/C17H18O6/c1-19-12-7-5-6-8-13(12)23-17(18)11-9-14(20-2)16(22-4)15(10-11)21-3/h5-10H,1-4H3. The summed E-state index contributed by atoms with van der Waals surface area (Å²) in [7, 11) is 5.96. The number of ether oxygens (including phenoxy) is 5. The first-order chi connectivity index (χ1) is 11.1. The SMILES string of the molecule is COc1ccccc1OC(=O)c1cc(OC)c(OC)c(OC)c1. The Labute approximate surface area is 134 Å².